The summed E-state index contributed by atoms with van der Waals surface area (Å²) < 4.78 is 4.59. The molecule has 0 spiro atoms. The summed E-state index contributed by atoms with van der Waals surface area (Å²) in [5, 5.41) is 7.06. The van der Waals surface area contributed by atoms with E-state index in [1.807, 2.05) is 12.1 Å². The van der Waals surface area contributed by atoms with Crippen molar-refractivity contribution in [2.24, 2.45) is 0 Å². The molecule has 1 unspecified atom stereocenters. The quantitative estimate of drug-likeness (QED) is 0.426. The molecule has 2 aromatic rings. The van der Waals surface area contributed by atoms with Crippen molar-refractivity contribution in [2.75, 3.05) is 25.5 Å². The van der Waals surface area contributed by atoms with E-state index in [1.54, 1.807) is 6.08 Å². The Bertz CT molecular complexity index is 789. The fourth-order valence-corrected chi connectivity index (χ4v) is 3.35. The number of hydrogen-bond acceptors (Lipinski definition) is 4. The van der Waals surface area contributed by atoms with Gasteiger partial charge in [-0.15, -0.1) is 12.4 Å². The first-order chi connectivity index (χ1) is 12.6. The van der Waals surface area contributed by atoms with Gasteiger partial charge in [0.1, 0.15) is 0 Å². The summed E-state index contributed by atoms with van der Waals surface area (Å²) in [6.45, 7) is 5.13. The Morgan fingerprint density at radius 1 is 1.22 bits per heavy atom. The van der Waals surface area contributed by atoms with Gasteiger partial charge in [0.15, 0.2) is 0 Å². The number of nitrogens with one attached hydrogen (secondary N) is 2. The van der Waals surface area contributed by atoms with Crippen LogP contribution in [0.15, 0.2) is 54.6 Å². The molecule has 0 bridgehead atoms. The Balaban J connectivity index is 0.00000261. The van der Waals surface area contributed by atoms with Crippen molar-refractivity contribution in [1.82, 2.24) is 5.32 Å². The van der Waals surface area contributed by atoms with Gasteiger partial charge in [0.25, 0.3) is 0 Å². The number of rotatable bonds is 7. The summed E-state index contributed by atoms with van der Waals surface area (Å²) in [5.41, 5.74) is 5.09. The minimum Gasteiger partial charge on any atom is -0.466 e. The molecular weight excluding hydrogens is 360 g/mol. The lowest BCUT2D eigenvalue weighted by molar-refractivity contribution is -0.134. The van der Waals surface area contributed by atoms with Crippen molar-refractivity contribution in [2.45, 2.75) is 25.3 Å². The molecular formula is C22H27ClN2O2. The van der Waals surface area contributed by atoms with E-state index in [0.29, 0.717) is 0 Å². The highest BCUT2D eigenvalue weighted by Gasteiger charge is 2.33. The van der Waals surface area contributed by atoms with Crippen LogP contribution in [0.25, 0.3) is 6.08 Å². The number of anilines is 1. The first-order valence-electron chi connectivity index (χ1n) is 9.00. The summed E-state index contributed by atoms with van der Waals surface area (Å²) >= 11 is 0. The highest BCUT2D eigenvalue weighted by Crippen LogP contribution is 2.38. The Labute approximate surface area is 167 Å². The molecule has 2 aromatic carbocycles. The predicted octanol–water partition coefficient (Wildman–Crippen LogP) is 4.16. The second-order valence-electron chi connectivity index (χ2n) is 6.98. The van der Waals surface area contributed by atoms with E-state index < -0.39 is 0 Å². The molecule has 1 atom stereocenters. The summed E-state index contributed by atoms with van der Waals surface area (Å²) in [6, 6.07) is 16.8. The van der Waals surface area contributed by atoms with E-state index in [0.717, 1.165) is 31.6 Å². The molecule has 0 fully saturated rings. The molecule has 1 heterocycles. The van der Waals surface area contributed by atoms with Crippen molar-refractivity contribution in [3.05, 3.63) is 71.3 Å². The van der Waals surface area contributed by atoms with Gasteiger partial charge in [-0.25, -0.2) is 4.79 Å². The van der Waals surface area contributed by atoms with Gasteiger partial charge in [-0.1, -0.05) is 49.4 Å². The smallest absolute Gasteiger partial charge is 0.330 e. The zero-order valence-electron chi connectivity index (χ0n) is 15.8. The number of carbonyl (C=O) groups excluding carboxylic acids is 1. The van der Waals surface area contributed by atoms with Crippen LogP contribution in [0.2, 0.25) is 0 Å². The largest absolute Gasteiger partial charge is 0.466 e. The second-order valence-corrected chi connectivity index (χ2v) is 6.98. The third-order valence-electron chi connectivity index (χ3n) is 5.02. The number of ether oxygens (including phenoxy) is 1. The Kier molecular flexibility index (Phi) is 7.45. The van der Waals surface area contributed by atoms with E-state index in [1.165, 1.54) is 30.0 Å². The normalized spacial score (nSPS) is 17.9. The van der Waals surface area contributed by atoms with Crippen LogP contribution in [0, 0.1) is 0 Å². The number of fused-ring (bicyclic) bond motifs is 1. The maximum atomic E-state index is 11.1. The maximum absolute atomic E-state index is 11.1. The van der Waals surface area contributed by atoms with Gasteiger partial charge >= 0.3 is 5.97 Å². The van der Waals surface area contributed by atoms with E-state index in [-0.39, 0.29) is 23.8 Å². The van der Waals surface area contributed by atoms with Gasteiger partial charge in [-0.2, -0.15) is 0 Å². The van der Waals surface area contributed by atoms with Crippen LogP contribution in [0.5, 0.6) is 0 Å². The van der Waals surface area contributed by atoms with Crippen LogP contribution in [0.4, 0.5) is 5.69 Å². The number of para-hydroxylation sites is 1. The van der Waals surface area contributed by atoms with Crippen molar-refractivity contribution in [3.63, 3.8) is 0 Å². The lowest BCUT2D eigenvalue weighted by atomic mass is 9.81. The first-order valence-corrected chi connectivity index (χ1v) is 9.00. The number of benzene rings is 2. The molecule has 1 aliphatic rings. The van der Waals surface area contributed by atoms with Crippen LogP contribution in [0.3, 0.4) is 0 Å². The van der Waals surface area contributed by atoms with Crippen molar-refractivity contribution in [3.8, 4) is 0 Å². The van der Waals surface area contributed by atoms with E-state index in [9.17, 15) is 4.79 Å². The summed E-state index contributed by atoms with van der Waals surface area (Å²) in [7, 11) is 1.38. The first kappa shape index (κ1) is 21.0. The second kappa shape index (κ2) is 9.58. The minimum absolute atomic E-state index is 0. The van der Waals surface area contributed by atoms with Crippen LogP contribution in [0.1, 0.15) is 30.0 Å². The van der Waals surface area contributed by atoms with Crippen molar-refractivity contribution in [1.29, 1.82) is 0 Å². The van der Waals surface area contributed by atoms with Gasteiger partial charge in [-0.3, -0.25) is 0 Å². The topological polar surface area (TPSA) is 50.4 Å². The van der Waals surface area contributed by atoms with E-state index in [2.05, 4.69) is 58.7 Å². The number of hydrogen-bond donors (Lipinski definition) is 2. The highest BCUT2D eigenvalue weighted by atomic mass is 35.5. The van der Waals surface area contributed by atoms with Crippen molar-refractivity contribution < 1.29 is 9.53 Å². The van der Waals surface area contributed by atoms with E-state index in [4.69, 9.17) is 0 Å². The summed E-state index contributed by atoms with van der Waals surface area (Å²) in [6.07, 6.45) is 4.28. The molecule has 0 amide bonds. The maximum Gasteiger partial charge on any atom is 0.330 e. The highest BCUT2D eigenvalue weighted by molar-refractivity contribution is 5.86. The molecule has 0 radical (unpaired) electrons. The molecule has 4 nitrogen and oxygen atoms in total. The molecule has 3 rings (SSSR count). The van der Waals surface area contributed by atoms with Crippen LogP contribution in [-0.2, 0) is 21.5 Å². The number of carbonyl (C=O) groups is 1. The molecule has 0 saturated carbocycles. The van der Waals surface area contributed by atoms with Gasteiger partial charge < -0.3 is 15.4 Å². The zero-order valence-corrected chi connectivity index (χ0v) is 16.6. The SMILES string of the molecule is COC(=O)/C=C/c1ccc(CNCCC2(C)CNc3ccccc32)cc1.Cl. The fourth-order valence-electron chi connectivity index (χ4n) is 3.35. The Morgan fingerprint density at radius 3 is 2.70 bits per heavy atom. The Morgan fingerprint density at radius 2 is 1.96 bits per heavy atom. The molecule has 0 aromatic heterocycles. The Hall–Kier alpha value is -2.30. The minimum atomic E-state index is -0.341. The zero-order chi connectivity index (χ0) is 18.4. The fraction of sp³-hybridized carbons (Fsp3) is 0.318. The standard InChI is InChI=1S/C22H26N2O2.ClH/c1-22(16-24-20-6-4-3-5-19(20)22)13-14-23-15-18-9-7-17(8-10-18)11-12-21(25)26-2;/h3-12,23-24H,13-16H2,1-2H3;1H/b12-11+;. The predicted molar refractivity (Wildman–Crippen MR) is 113 cm³/mol. The lowest BCUT2D eigenvalue weighted by Crippen LogP contribution is -2.29. The van der Waals surface area contributed by atoms with Gasteiger partial charge in [0.05, 0.1) is 7.11 Å². The number of methoxy groups -OCH3 is 1. The molecule has 27 heavy (non-hydrogen) atoms. The molecule has 1 aliphatic heterocycles. The summed E-state index contributed by atoms with van der Waals surface area (Å²) in [4.78, 5) is 11.1. The van der Waals surface area contributed by atoms with Gasteiger partial charge in [0.2, 0.25) is 0 Å². The summed E-state index contributed by atoms with van der Waals surface area (Å²) in [5.74, 6) is -0.341. The monoisotopic (exact) mass is 386 g/mol. The van der Waals surface area contributed by atoms with Gasteiger partial charge in [-0.05, 0) is 41.8 Å². The molecule has 0 saturated heterocycles. The van der Waals surface area contributed by atoms with E-state index >= 15 is 0 Å². The van der Waals surface area contributed by atoms with Crippen molar-refractivity contribution >= 4 is 30.1 Å². The average Bonchev–Trinajstić information content (AvgIpc) is 3.02. The molecule has 0 aliphatic carbocycles. The molecule has 144 valence electrons. The number of esters is 1. The number of halogens is 1. The third-order valence-corrected chi connectivity index (χ3v) is 5.02. The molecule has 5 heteroatoms. The van der Waals surface area contributed by atoms with Crippen LogP contribution < -0.4 is 10.6 Å². The lowest BCUT2D eigenvalue weighted by Gasteiger charge is -2.24. The molecule has 2 N–H and O–H groups in total. The van der Waals surface area contributed by atoms with Crippen LogP contribution in [-0.4, -0.2) is 26.2 Å². The van der Waals surface area contributed by atoms with Crippen LogP contribution >= 0.6 is 12.4 Å². The third kappa shape index (κ3) is 5.34. The van der Waals surface area contributed by atoms with Gasteiger partial charge in [0, 0.05) is 30.3 Å². The average molecular weight is 387 g/mol.